The van der Waals surface area contributed by atoms with Gasteiger partial charge in [0.15, 0.2) is 0 Å². The largest absolute Gasteiger partial charge is 0.307 e. The smallest absolute Gasteiger partial charge is 0.0453 e. The molecule has 0 amide bonds. The highest BCUT2D eigenvalue weighted by Crippen LogP contribution is 2.23. The Morgan fingerprint density at radius 3 is 2.61 bits per heavy atom. The van der Waals surface area contributed by atoms with E-state index >= 15 is 0 Å². The minimum absolute atomic E-state index is 0.272. The Morgan fingerprint density at radius 2 is 1.94 bits per heavy atom. The van der Waals surface area contributed by atoms with Gasteiger partial charge in [0, 0.05) is 22.0 Å². The first kappa shape index (κ1) is 13.6. The van der Waals surface area contributed by atoms with Crippen LogP contribution in [0.15, 0.2) is 41.8 Å². The average Bonchev–Trinajstić information content (AvgIpc) is 2.82. The second-order valence-corrected chi connectivity index (χ2v) is 6.03. The lowest BCUT2D eigenvalue weighted by atomic mass is 10.1. The second-order valence-electron chi connectivity index (χ2n) is 4.59. The molecule has 0 aliphatic rings. The molecule has 3 heteroatoms. The molecule has 1 N–H and O–H groups in total. The van der Waals surface area contributed by atoms with Crippen molar-refractivity contribution < 1.29 is 0 Å². The summed E-state index contributed by atoms with van der Waals surface area (Å²) in [7, 11) is 0. The molecule has 0 spiro atoms. The molecule has 0 aliphatic heterocycles. The van der Waals surface area contributed by atoms with Crippen LogP contribution in [0.3, 0.4) is 0 Å². The van der Waals surface area contributed by atoms with Crippen LogP contribution in [0.5, 0.6) is 0 Å². The summed E-state index contributed by atoms with van der Waals surface area (Å²) < 4.78 is 0. The molecular formula is C15H18ClNS. The molecule has 1 nitrogen and oxygen atoms in total. The van der Waals surface area contributed by atoms with E-state index in [-0.39, 0.29) is 6.04 Å². The molecule has 0 aliphatic carbocycles. The van der Waals surface area contributed by atoms with Crippen molar-refractivity contribution in [3.63, 3.8) is 0 Å². The maximum Gasteiger partial charge on any atom is 0.0453 e. The maximum atomic E-state index is 6.21. The van der Waals surface area contributed by atoms with Crippen molar-refractivity contribution >= 4 is 22.9 Å². The molecule has 96 valence electrons. The fourth-order valence-corrected chi connectivity index (χ4v) is 3.27. The lowest BCUT2D eigenvalue weighted by molar-refractivity contribution is 0.479. The summed E-state index contributed by atoms with van der Waals surface area (Å²) in [5.74, 6) is 0. The predicted molar refractivity (Wildman–Crippen MR) is 80.5 cm³/mol. The highest BCUT2D eigenvalue weighted by Gasteiger charge is 2.12. The Balaban J connectivity index is 1.95. The molecule has 0 saturated carbocycles. The van der Waals surface area contributed by atoms with Crippen molar-refractivity contribution in [1.29, 1.82) is 0 Å². The van der Waals surface area contributed by atoms with E-state index in [1.54, 1.807) is 0 Å². The molecule has 2 unspecified atom stereocenters. The van der Waals surface area contributed by atoms with Gasteiger partial charge >= 0.3 is 0 Å². The quantitative estimate of drug-likeness (QED) is 0.838. The van der Waals surface area contributed by atoms with E-state index in [0.29, 0.717) is 6.04 Å². The van der Waals surface area contributed by atoms with Crippen LogP contribution < -0.4 is 5.32 Å². The third-order valence-corrected chi connectivity index (χ3v) is 4.24. The molecule has 0 saturated heterocycles. The Morgan fingerprint density at radius 1 is 1.17 bits per heavy atom. The van der Waals surface area contributed by atoms with E-state index in [2.05, 4.69) is 42.7 Å². The minimum atomic E-state index is 0.272. The van der Waals surface area contributed by atoms with E-state index in [0.717, 1.165) is 17.0 Å². The average molecular weight is 280 g/mol. The van der Waals surface area contributed by atoms with Crippen LogP contribution in [-0.4, -0.2) is 6.04 Å². The van der Waals surface area contributed by atoms with Crippen LogP contribution in [0.4, 0.5) is 0 Å². The van der Waals surface area contributed by atoms with Gasteiger partial charge in [-0.1, -0.05) is 35.9 Å². The summed E-state index contributed by atoms with van der Waals surface area (Å²) in [6.07, 6.45) is 1.06. The maximum absolute atomic E-state index is 6.21. The van der Waals surface area contributed by atoms with Crippen LogP contribution >= 0.6 is 22.9 Å². The Bertz CT molecular complexity index is 481. The zero-order chi connectivity index (χ0) is 13.0. The Kier molecular flexibility index (Phi) is 4.81. The summed E-state index contributed by atoms with van der Waals surface area (Å²) in [6, 6.07) is 13.0. The SMILES string of the molecule is CC(Cc1cccs1)NC(C)c1ccccc1Cl. The molecule has 0 bridgehead atoms. The lowest BCUT2D eigenvalue weighted by Gasteiger charge is -2.20. The third-order valence-electron chi connectivity index (χ3n) is 2.99. The van der Waals surface area contributed by atoms with Crippen LogP contribution in [0.2, 0.25) is 5.02 Å². The number of nitrogens with one attached hydrogen (secondary N) is 1. The molecule has 2 rings (SSSR count). The molecule has 2 atom stereocenters. The first-order chi connectivity index (χ1) is 8.66. The zero-order valence-electron chi connectivity index (χ0n) is 10.7. The molecule has 18 heavy (non-hydrogen) atoms. The van der Waals surface area contributed by atoms with Crippen molar-refractivity contribution in [2.45, 2.75) is 32.4 Å². The Hall–Kier alpha value is -0.830. The molecule has 0 fully saturated rings. The van der Waals surface area contributed by atoms with Gasteiger partial charge in [0.25, 0.3) is 0 Å². The fraction of sp³-hybridized carbons (Fsp3) is 0.333. The van der Waals surface area contributed by atoms with Gasteiger partial charge in [0.1, 0.15) is 0 Å². The van der Waals surface area contributed by atoms with Gasteiger partial charge in [-0.15, -0.1) is 11.3 Å². The number of rotatable bonds is 5. The van der Waals surface area contributed by atoms with E-state index in [1.807, 2.05) is 29.5 Å². The van der Waals surface area contributed by atoms with E-state index in [9.17, 15) is 0 Å². The lowest BCUT2D eigenvalue weighted by Crippen LogP contribution is -2.30. The summed E-state index contributed by atoms with van der Waals surface area (Å²) in [5, 5.41) is 6.56. The summed E-state index contributed by atoms with van der Waals surface area (Å²) in [6.45, 7) is 4.37. The molecule has 1 heterocycles. The number of thiophene rings is 1. The second kappa shape index (κ2) is 6.37. The zero-order valence-corrected chi connectivity index (χ0v) is 12.3. The predicted octanol–water partition coefficient (Wildman–Crippen LogP) is 4.68. The van der Waals surface area contributed by atoms with Crippen LogP contribution in [0.1, 0.15) is 30.3 Å². The van der Waals surface area contributed by atoms with Crippen LogP contribution in [0.25, 0.3) is 0 Å². The number of benzene rings is 1. The van der Waals surface area contributed by atoms with Gasteiger partial charge in [0.2, 0.25) is 0 Å². The van der Waals surface area contributed by atoms with Gasteiger partial charge in [-0.3, -0.25) is 0 Å². The van der Waals surface area contributed by atoms with Crippen molar-refractivity contribution in [2.75, 3.05) is 0 Å². The van der Waals surface area contributed by atoms with Crippen molar-refractivity contribution in [3.8, 4) is 0 Å². The third kappa shape index (κ3) is 3.58. The van der Waals surface area contributed by atoms with Gasteiger partial charge in [-0.2, -0.15) is 0 Å². The molecule has 1 aromatic carbocycles. The number of halogens is 1. The molecule has 2 aromatic rings. The number of hydrogen-bond donors (Lipinski definition) is 1. The summed E-state index contributed by atoms with van der Waals surface area (Å²) >= 11 is 8.02. The summed E-state index contributed by atoms with van der Waals surface area (Å²) in [4.78, 5) is 1.42. The minimum Gasteiger partial charge on any atom is -0.307 e. The Labute approximate surface area is 118 Å². The summed E-state index contributed by atoms with van der Waals surface area (Å²) in [5.41, 5.74) is 1.16. The topological polar surface area (TPSA) is 12.0 Å². The van der Waals surface area contributed by atoms with Crippen molar-refractivity contribution in [1.82, 2.24) is 5.32 Å². The standard InChI is InChI=1S/C15H18ClNS/c1-11(10-13-6-5-9-18-13)17-12(2)14-7-3-4-8-15(14)16/h3-9,11-12,17H,10H2,1-2H3. The highest BCUT2D eigenvalue weighted by atomic mass is 35.5. The van der Waals surface area contributed by atoms with Gasteiger partial charge in [-0.05, 0) is 43.3 Å². The van der Waals surface area contributed by atoms with Crippen molar-refractivity contribution in [2.24, 2.45) is 0 Å². The first-order valence-corrected chi connectivity index (χ1v) is 7.45. The van der Waals surface area contributed by atoms with E-state index < -0.39 is 0 Å². The van der Waals surface area contributed by atoms with Gasteiger partial charge in [-0.25, -0.2) is 0 Å². The van der Waals surface area contributed by atoms with E-state index in [4.69, 9.17) is 11.6 Å². The van der Waals surface area contributed by atoms with Gasteiger partial charge < -0.3 is 5.32 Å². The van der Waals surface area contributed by atoms with Gasteiger partial charge in [0.05, 0.1) is 0 Å². The molecule has 0 radical (unpaired) electrons. The molecular weight excluding hydrogens is 262 g/mol. The molecule has 1 aromatic heterocycles. The normalized spacial score (nSPS) is 14.4. The highest BCUT2D eigenvalue weighted by molar-refractivity contribution is 7.09. The van der Waals surface area contributed by atoms with Crippen molar-refractivity contribution in [3.05, 3.63) is 57.2 Å². The fourth-order valence-electron chi connectivity index (χ4n) is 2.13. The van der Waals surface area contributed by atoms with Crippen LogP contribution in [-0.2, 0) is 6.42 Å². The first-order valence-electron chi connectivity index (χ1n) is 6.19. The van der Waals surface area contributed by atoms with E-state index in [1.165, 1.54) is 4.88 Å². The van der Waals surface area contributed by atoms with Crippen LogP contribution in [0, 0.1) is 0 Å². The monoisotopic (exact) mass is 279 g/mol. The number of hydrogen-bond acceptors (Lipinski definition) is 2.